The van der Waals surface area contributed by atoms with E-state index in [1.54, 1.807) is 30.6 Å². The van der Waals surface area contributed by atoms with Gasteiger partial charge in [-0.1, -0.05) is 44.2 Å². The third kappa shape index (κ3) is 5.11. The fraction of sp³-hybridized carbons (Fsp3) is 0.310. The minimum Gasteiger partial charge on any atom is -0.323 e. The summed E-state index contributed by atoms with van der Waals surface area (Å²) in [7, 11) is -3.82. The van der Waals surface area contributed by atoms with Crippen LogP contribution in [0.5, 0.6) is 0 Å². The Labute approximate surface area is 223 Å². The average Bonchev–Trinajstić information content (AvgIpc) is 3.49. The van der Waals surface area contributed by atoms with Gasteiger partial charge in [-0.05, 0) is 53.8 Å². The number of benzene rings is 1. The highest BCUT2D eigenvalue weighted by Gasteiger charge is 2.49. The molecule has 2 atom stereocenters. The summed E-state index contributed by atoms with van der Waals surface area (Å²) in [5.74, 6) is -0.966. The number of ketones is 1. The number of Topliss-reactive ketones (excluding diaryl/α,β-unsaturated/α-hetero) is 1. The number of rotatable bonds is 8. The Morgan fingerprint density at radius 2 is 1.92 bits per heavy atom. The van der Waals surface area contributed by atoms with Crippen LogP contribution in [0.25, 0.3) is 11.3 Å². The highest BCUT2D eigenvalue weighted by Crippen LogP contribution is 2.36. The van der Waals surface area contributed by atoms with Gasteiger partial charge in [-0.2, -0.15) is 0 Å². The summed E-state index contributed by atoms with van der Waals surface area (Å²) in [5, 5.41) is 0. The van der Waals surface area contributed by atoms with E-state index in [9.17, 15) is 18.0 Å². The maximum absolute atomic E-state index is 14.0. The molecule has 38 heavy (non-hydrogen) atoms. The first-order valence-corrected chi connectivity index (χ1v) is 14.3. The van der Waals surface area contributed by atoms with Crippen molar-refractivity contribution in [1.82, 2.24) is 19.2 Å². The van der Waals surface area contributed by atoms with E-state index in [1.165, 1.54) is 15.4 Å². The van der Waals surface area contributed by atoms with Crippen molar-refractivity contribution < 1.29 is 18.0 Å². The average molecular weight is 531 g/mol. The van der Waals surface area contributed by atoms with E-state index in [2.05, 4.69) is 23.8 Å². The molecule has 0 bridgehead atoms. The standard InChI is InChI=1S/C29H30N4O4S/c1-20(2)15-24(22-8-5-9-23(16-22)25-10-3-4-13-31-25)29(35)32-14-11-26-28(32)27(34)18-33(26)38(36,37)19-21-7-6-12-30-17-21/h3-13,16-17,20,24,28H,14-15,18-19H2,1-2H3. The van der Waals surface area contributed by atoms with Gasteiger partial charge < -0.3 is 4.90 Å². The van der Waals surface area contributed by atoms with Crippen LogP contribution in [0, 0.1) is 5.92 Å². The lowest BCUT2D eigenvalue weighted by atomic mass is 9.87. The lowest BCUT2D eigenvalue weighted by Gasteiger charge is -2.29. The van der Waals surface area contributed by atoms with Gasteiger partial charge in [0.25, 0.3) is 0 Å². The van der Waals surface area contributed by atoms with Crippen molar-refractivity contribution in [2.75, 3.05) is 13.1 Å². The van der Waals surface area contributed by atoms with Crippen molar-refractivity contribution >= 4 is 21.7 Å². The van der Waals surface area contributed by atoms with Gasteiger partial charge in [-0.15, -0.1) is 0 Å². The van der Waals surface area contributed by atoms with E-state index in [0.717, 1.165) is 16.8 Å². The van der Waals surface area contributed by atoms with Crippen molar-refractivity contribution in [3.63, 3.8) is 0 Å². The van der Waals surface area contributed by atoms with Crippen molar-refractivity contribution in [2.45, 2.75) is 38.0 Å². The minimum absolute atomic E-state index is 0.173. The topological polar surface area (TPSA) is 101 Å². The zero-order valence-electron chi connectivity index (χ0n) is 21.4. The van der Waals surface area contributed by atoms with Crippen LogP contribution in [-0.4, -0.2) is 58.4 Å². The number of fused-ring (bicyclic) bond motifs is 1. The number of pyridine rings is 2. The predicted molar refractivity (Wildman–Crippen MR) is 144 cm³/mol. The second-order valence-electron chi connectivity index (χ2n) is 10.1. The lowest BCUT2D eigenvalue weighted by Crippen LogP contribution is -2.43. The first-order valence-electron chi connectivity index (χ1n) is 12.7. The molecule has 1 fully saturated rings. The van der Waals surface area contributed by atoms with Gasteiger partial charge in [0.15, 0.2) is 5.78 Å². The van der Waals surface area contributed by atoms with Crippen molar-refractivity contribution in [3.8, 4) is 11.3 Å². The Morgan fingerprint density at radius 1 is 1.08 bits per heavy atom. The number of aromatic nitrogens is 2. The highest BCUT2D eigenvalue weighted by atomic mass is 32.2. The van der Waals surface area contributed by atoms with Gasteiger partial charge in [-0.3, -0.25) is 23.9 Å². The largest absolute Gasteiger partial charge is 0.323 e. The number of nitrogens with zero attached hydrogens (tertiary/aromatic N) is 4. The van der Waals surface area contributed by atoms with Crippen LogP contribution in [0.3, 0.4) is 0 Å². The summed E-state index contributed by atoms with van der Waals surface area (Å²) in [4.78, 5) is 37.1. The summed E-state index contributed by atoms with van der Waals surface area (Å²) in [6.45, 7) is 4.04. The van der Waals surface area contributed by atoms with Crippen LogP contribution in [0.15, 0.2) is 85.0 Å². The quantitative estimate of drug-likeness (QED) is 0.439. The monoisotopic (exact) mass is 530 g/mol. The smallest absolute Gasteiger partial charge is 0.239 e. The Morgan fingerprint density at radius 3 is 2.63 bits per heavy atom. The van der Waals surface area contributed by atoms with Crippen LogP contribution in [-0.2, 0) is 25.4 Å². The number of hydrogen-bond donors (Lipinski definition) is 0. The molecule has 2 unspecified atom stereocenters. The van der Waals surface area contributed by atoms with Gasteiger partial charge in [0.1, 0.15) is 6.04 Å². The lowest BCUT2D eigenvalue weighted by molar-refractivity contribution is -0.137. The Kier molecular flexibility index (Phi) is 7.12. The predicted octanol–water partition coefficient (Wildman–Crippen LogP) is 3.78. The molecule has 9 heteroatoms. The molecule has 5 rings (SSSR count). The first kappa shape index (κ1) is 25.8. The zero-order valence-corrected chi connectivity index (χ0v) is 22.2. The van der Waals surface area contributed by atoms with Crippen LogP contribution < -0.4 is 0 Å². The molecule has 1 aromatic carbocycles. The normalized spacial score (nSPS) is 18.0. The molecule has 2 aliphatic rings. The molecular formula is C29H30N4O4S. The molecule has 0 aliphatic carbocycles. The van der Waals surface area contributed by atoms with E-state index < -0.39 is 22.0 Å². The molecule has 3 aromatic rings. The first-order chi connectivity index (χ1) is 18.2. The van der Waals surface area contributed by atoms with E-state index in [0.29, 0.717) is 17.7 Å². The van der Waals surface area contributed by atoms with Crippen molar-refractivity contribution in [1.29, 1.82) is 0 Å². The van der Waals surface area contributed by atoms with Crippen LogP contribution in [0.4, 0.5) is 0 Å². The number of sulfonamides is 1. The molecule has 8 nitrogen and oxygen atoms in total. The minimum atomic E-state index is -3.82. The Bertz CT molecular complexity index is 1470. The SMILES string of the molecule is CC(C)CC(C(=O)N1CC=C2C1C(=O)CN2S(=O)(=O)Cc1cccnc1)c1cccc(-c2ccccn2)c1. The van der Waals surface area contributed by atoms with E-state index in [-0.39, 0.29) is 36.5 Å². The maximum atomic E-state index is 14.0. The molecule has 0 spiro atoms. The molecule has 1 saturated heterocycles. The zero-order chi connectivity index (χ0) is 26.9. The van der Waals surface area contributed by atoms with Crippen molar-refractivity contribution in [2.24, 2.45) is 5.92 Å². The Hall–Kier alpha value is -3.85. The molecule has 0 radical (unpaired) electrons. The summed E-state index contributed by atoms with van der Waals surface area (Å²) in [5.41, 5.74) is 3.49. The van der Waals surface area contributed by atoms with Gasteiger partial charge >= 0.3 is 0 Å². The summed E-state index contributed by atoms with van der Waals surface area (Å²) >= 11 is 0. The molecule has 196 valence electrons. The molecule has 1 amide bonds. The van der Waals surface area contributed by atoms with E-state index >= 15 is 0 Å². The highest BCUT2D eigenvalue weighted by molar-refractivity contribution is 7.88. The van der Waals surface area contributed by atoms with Crippen molar-refractivity contribution in [3.05, 3.63) is 96.1 Å². The number of carbonyl (C=O) groups excluding carboxylic acids is 2. The molecule has 2 aromatic heterocycles. The third-order valence-corrected chi connectivity index (χ3v) is 8.64. The number of amides is 1. The van der Waals surface area contributed by atoms with Crippen LogP contribution in [0.1, 0.15) is 37.3 Å². The van der Waals surface area contributed by atoms with Gasteiger partial charge in [0, 0.05) is 30.7 Å². The summed E-state index contributed by atoms with van der Waals surface area (Å²) in [6, 6.07) is 16.0. The second kappa shape index (κ2) is 10.5. The third-order valence-electron chi connectivity index (χ3n) is 6.93. The molecule has 0 N–H and O–H groups in total. The van der Waals surface area contributed by atoms with Crippen LogP contribution >= 0.6 is 0 Å². The van der Waals surface area contributed by atoms with Gasteiger partial charge in [-0.25, -0.2) is 8.42 Å². The Balaban J connectivity index is 1.41. The fourth-order valence-electron chi connectivity index (χ4n) is 5.21. The molecule has 0 saturated carbocycles. The van der Waals surface area contributed by atoms with Crippen LogP contribution in [0.2, 0.25) is 0 Å². The van der Waals surface area contributed by atoms with Gasteiger partial charge in [0.05, 0.1) is 29.6 Å². The van der Waals surface area contributed by atoms with Gasteiger partial charge in [0.2, 0.25) is 15.9 Å². The fourth-order valence-corrected chi connectivity index (χ4v) is 6.78. The molecule has 2 aliphatic heterocycles. The number of carbonyl (C=O) groups is 2. The molecular weight excluding hydrogens is 500 g/mol. The maximum Gasteiger partial charge on any atom is 0.239 e. The number of hydrogen-bond acceptors (Lipinski definition) is 6. The summed E-state index contributed by atoms with van der Waals surface area (Å²) < 4.78 is 27.6. The van der Waals surface area contributed by atoms with E-state index in [4.69, 9.17) is 0 Å². The molecule has 4 heterocycles. The van der Waals surface area contributed by atoms with E-state index in [1.807, 2.05) is 42.5 Å². The summed E-state index contributed by atoms with van der Waals surface area (Å²) in [6.07, 6.45) is 7.11. The second-order valence-corrected chi connectivity index (χ2v) is 12.0.